The molecule has 1 amide bonds. The monoisotopic (exact) mass is 424 g/mol. The van der Waals surface area contributed by atoms with E-state index in [4.69, 9.17) is 0 Å². The highest BCUT2D eigenvalue weighted by molar-refractivity contribution is 7.92. The van der Waals surface area contributed by atoms with Crippen LogP contribution in [0.15, 0.2) is 36.4 Å². The Bertz CT molecular complexity index is 993. The molecule has 0 aromatic heterocycles. The van der Waals surface area contributed by atoms with Crippen molar-refractivity contribution in [2.75, 3.05) is 17.1 Å². The van der Waals surface area contributed by atoms with Crippen LogP contribution in [0.5, 0.6) is 0 Å². The van der Waals surface area contributed by atoms with Crippen LogP contribution in [-0.4, -0.2) is 27.1 Å². The number of amides is 1. The van der Waals surface area contributed by atoms with Crippen molar-refractivity contribution in [2.45, 2.75) is 39.7 Å². The predicted molar refractivity (Wildman–Crippen MR) is 110 cm³/mol. The summed E-state index contributed by atoms with van der Waals surface area (Å²) in [6, 6.07) is 8.70. The van der Waals surface area contributed by atoms with Crippen molar-refractivity contribution in [1.82, 2.24) is 5.32 Å². The van der Waals surface area contributed by atoms with Gasteiger partial charge in [0, 0.05) is 19.0 Å². The molecule has 5 nitrogen and oxygen atoms in total. The summed E-state index contributed by atoms with van der Waals surface area (Å²) in [5.74, 6) is -2.40. The minimum atomic E-state index is -3.71. The number of nitrogens with zero attached hydrogens (tertiary/aromatic N) is 1. The van der Waals surface area contributed by atoms with Gasteiger partial charge in [-0.1, -0.05) is 18.2 Å². The number of nitrogens with one attached hydrogen (secondary N) is 1. The van der Waals surface area contributed by atoms with Gasteiger partial charge in [-0.2, -0.15) is 0 Å². The molecule has 29 heavy (non-hydrogen) atoms. The van der Waals surface area contributed by atoms with Crippen LogP contribution in [0.3, 0.4) is 0 Å². The van der Waals surface area contributed by atoms with Crippen molar-refractivity contribution in [2.24, 2.45) is 0 Å². The van der Waals surface area contributed by atoms with E-state index in [0.717, 1.165) is 33.8 Å². The predicted octanol–water partition coefficient (Wildman–Crippen LogP) is 4.01. The molecular formula is C21H26F2N2O3S. The van der Waals surface area contributed by atoms with E-state index in [1.807, 2.05) is 39.0 Å². The van der Waals surface area contributed by atoms with E-state index in [9.17, 15) is 22.0 Å². The average Bonchev–Trinajstić information content (AvgIpc) is 2.62. The molecule has 0 saturated heterocycles. The maximum absolute atomic E-state index is 13.5. The fourth-order valence-electron chi connectivity index (χ4n) is 2.94. The van der Waals surface area contributed by atoms with Gasteiger partial charge in [0.25, 0.3) is 0 Å². The fraction of sp³-hybridized carbons (Fsp3) is 0.381. The second-order valence-corrected chi connectivity index (χ2v) is 9.08. The number of carbonyl (C=O) groups is 1. The van der Waals surface area contributed by atoms with Crippen LogP contribution in [0.1, 0.15) is 42.5 Å². The van der Waals surface area contributed by atoms with E-state index in [2.05, 4.69) is 5.32 Å². The molecule has 2 rings (SSSR count). The maximum atomic E-state index is 13.5. The number of anilines is 1. The van der Waals surface area contributed by atoms with Gasteiger partial charge in [0.2, 0.25) is 15.9 Å². The molecule has 0 aliphatic carbocycles. The summed E-state index contributed by atoms with van der Waals surface area (Å²) in [4.78, 5) is 12.3. The molecule has 8 heteroatoms. The topological polar surface area (TPSA) is 66.5 Å². The Balaban J connectivity index is 1.97. The van der Waals surface area contributed by atoms with Gasteiger partial charge in [-0.25, -0.2) is 17.2 Å². The normalized spacial score (nSPS) is 12.5. The average molecular weight is 425 g/mol. The summed E-state index contributed by atoms with van der Waals surface area (Å²) in [6.45, 7) is 5.88. The van der Waals surface area contributed by atoms with Gasteiger partial charge in [0.15, 0.2) is 11.6 Å². The zero-order chi connectivity index (χ0) is 21.8. The summed E-state index contributed by atoms with van der Waals surface area (Å²) in [5, 5.41) is 2.90. The fourth-order valence-corrected chi connectivity index (χ4v) is 3.90. The molecule has 0 radical (unpaired) electrons. The smallest absolute Gasteiger partial charge is 0.232 e. The van der Waals surface area contributed by atoms with Crippen LogP contribution < -0.4 is 9.62 Å². The van der Waals surface area contributed by atoms with Crippen molar-refractivity contribution >= 4 is 21.6 Å². The number of carbonyl (C=O) groups excluding carboxylic acids is 1. The summed E-state index contributed by atoms with van der Waals surface area (Å²) < 4.78 is 51.6. The molecular weight excluding hydrogens is 398 g/mol. The Hall–Kier alpha value is -2.48. The quantitative estimate of drug-likeness (QED) is 0.696. The van der Waals surface area contributed by atoms with Gasteiger partial charge in [0.05, 0.1) is 18.0 Å². The van der Waals surface area contributed by atoms with E-state index in [1.54, 1.807) is 0 Å². The molecule has 0 saturated carbocycles. The molecule has 2 aromatic rings. The Morgan fingerprint density at radius 2 is 1.76 bits per heavy atom. The number of sulfonamides is 1. The lowest BCUT2D eigenvalue weighted by Gasteiger charge is -2.22. The van der Waals surface area contributed by atoms with E-state index < -0.39 is 21.7 Å². The number of aryl methyl sites for hydroxylation is 2. The van der Waals surface area contributed by atoms with Crippen molar-refractivity contribution < 1.29 is 22.0 Å². The van der Waals surface area contributed by atoms with Gasteiger partial charge >= 0.3 is 0 Å². The van der Waals surface area contributed by atoms with Crippen molar-refractivity contribution in [1.29, 1.82) is 0 Å². The maximum Gasteiger partial charge on any atom is 0.232 e. The van der Waals surface area contributed by atoms with Crippen LogP contribution in [-0.2, 0) is 14.8 Å². The molecule has 0 unspecified atom stereocenters. The Morgan fingerprint density at radius 1 is 1.07 bits per heavy atom. The minimum absolute atomic E-state index is 0.0185. The van der Waals surface area contributed by atoms with Gasteiger partial charge < -0.3 is 5.32 Å². The molecule has 2 aromatic carbocycles. The Labute approximate surface area is 170 Å². The largest absolute Gasteiger partial charge is 0.350 e. The molecule has 0 bridgehead atoms. The standard InChI is InChI=1S/C21H26F2N2O3S/c1-14-7-8-17(12-15(14)2)16(3)24-21(26)6-5-11-25(29(4,27)28)18-9-10-19(22)20(23)13-18/h7-10,12-13,16H,5-6,11H2,1-4H3,(H,24,26)/t16-/m1/s1. The van der Waals surface area contributed by atoms with Gasteiger partial charge in [-0.05, 0) is 56.0 Å². The van der Waals surface area contributed by atoms with Crippen LogP contribution in [0, 0.1) is 25.5 Å². The SMILES string of the molecule is Cc1ccc([C@@H](C)NC(=O)CCCN(c2ccc(F)c(F)c2)S(C)(=O)=O)cc1C. The third kappa shape index (κ3) is 6.25. The Kier molecular flexibility index (Phi) is 7.35. The van der Waals surface area contributed by atoms with Crippen LogP contribution in [0.4, 0.5) is 14.5 Å². The number of hydrogen-bond donors (Lipinski definition) is 1. The van der Waals surface area contributed by atoms with E-state index in [0.29, 0.717) is 0 Å². The van der Waals surface area contributed by atoms with E-state index in [-0.39, 0.29) is 37.0 Å². The van der Waals surface area contributed by atoms with Gasteiger partial charge in [0.1, 0.15) is 0 Å². The lowest BCUT2D eigenvalue weighted by Crippen LogP contribution is -2.32. The summed E-state index contributed by atoms with van der Waals surface area (Å²) in [7, 11) is -3.71. The molecule has 0 fully saturated rings. The zero-order valence-corrected chi connectivity index (χ0v) is 17.8. The van der Waals surface area contributed by atoms with E-state index >= 15 is 0 Å². The molecule has 0 aliphatic heterocycles. The van der Waals surface area contributed by atoms with Crippen LogP contribution >= 0.6 is 0 Å². The lowest BCUT2D eigenvalue weighted by atomic mass is 10.0. The number of halogens is 2. The molecule has 0 spiro atoms. The lowest BCUT2D eigenvalue weighted by molar-refractivity contribution is -0.121. The number of rotatable bonds is 8. The third-order valence-corrected chi connectivity index (χ3v) is 5.96. The first-order valence-corrected chi connectivity index (χ1v) is 11.1. The molecule has 158 valence electrons. The summed E-state index contributed by atoms with van der Waals surface area (Å²) >= 11 is 0. The van der Waals surface area contributed by atoms with Gasteiger partial charge in [-0.3, -0.25) is 9.10 Å². The highest BCUT2D eigenvalue weighted by Gasteiger charge is 2.19. The van der Waals surface area contributed by atoms with Crippen LogP contribution in [0.25, 0.3) is 0 Å². The minimum Gasteiger partial charge on any atom is -0.350 e. The first-order chi connectivity index (χ1) is 13.5. The van der Waals surface area contributed by atoms with Crippen LogP contribution in [0.2, 0.25) is 0 Å². The Morgan fingerprint density at radius 3 is 2.34 bits per heavy atom. The molecule has 1 atom stereocenters. The first kappa shape index (κ1) is 22.8. The second-order valence-electron chi connectivity index (χ2n) is 7.17. The number of hydrogen-bond acceptors (Lipinski definition) is 3. The summed E-state index contributed by atoms with van der Waals surface area (Å²) in [5.41, 5.74) is 3.32. The van der Waals surface area contributed by atoms with E-state index in [1.165, 1.54) is 11.6 Å². The third-order valence-electron chi connectivity index (χ3n) is 4.77. The number of benzene rings is 2. The summed E-state index contributed by atoms with van der Waals surface area (Å²) in [6.07, 6.45) is 1.32. The molecule has 1 N–H and O–H groups in total. The highest BCUT2D eigenvalue weighted by Crippen LogP contribution is 2.21. The van der Waals surface area contributed by atoms with Crippen molar-refractivity contribution in [3.05, 3.63) is 64.7 Å². The second kappa shape index (κ2) is 9.35. The zero-order valence-electron chi connectivity index (χ0n) is 17.0. The molecule has 0 heterocycles. The van der Waals surface area contributed by atoms with Gasteiger partial charge in [-0.15, -0.1) is 0 Å². The molecule has 0 aliphatic rings. The first-order valence-electron chi connectivity index (χ1n) is 9.28. The highest BCUT2D eigenvalue weighted by atomic mass is 32.2. The van der Waals surface area contributed by atoms with Crippen molar-refractivity contribution in [3.8, 4) is 0 Å². The van der Waals surface area contributed by atoms with Crippen molar-refractivity contribution in [3.63, 3.8) is 0 Å².